The lowest BCUT2D eigenvalue weighted by Crippen LogP contribution is -2.80. The van der Waals surface area contributed by atoms with Gasteiger partial charge in [-0.15, -0.1) is 11.3 Å². The molecule has 3 N–H and O–H groups in total. The fraction of sp³-hybridized carbons (Fsp3) is 0.750. The second-order valence-electron chi connectivity index (χ2n) is 6.93. The molecule has 0 amide bonds. The number of rotatable bonds is 4. The summed E-state index contributed by atoms with van der Waals surface area (Å²) in [6, 6.07) is 2.18. The van der Waals surface area contributed by atoms with Gasteiger partial charge in [-0.05, 0) is 36.8 Å². The Kier molecular flexibility index (Phi) is 3.70. The fourth-order valence-corrected chi connectivity index (χ4v) is 4.87. The Bertz CT molecular complexity index is 485. The van der Waals surface area contributed by atoms with Crippen LogP contribution in [0.3, 0.4) is 0 Å². The van der Waals surface area contributed by atoms with Crippen LogP contribution in [0.15, 0.2) is 11.4 Å². The lowest BCUT2D eigenvalue weighted by atomic mass is 9.46. The number of fused-ring (bicyclic) bond motifs is 1. The zero-order valence-corrected chi connectivity index (χ0v) is 13.6. The van der Waals surface area contributed by atoms with Crippen molar-refractivity contribution in [1.29, 1.82) is 0 Å². The van der Waals surface area contributed by atoms with E-state index in [0.717, 1.165) is 26.1 Å². The maximum atomic E-state index is 6.77. The SMILES string of the molecule is Cc1ccsc1CNCC1(N)C2CCCOC2C1(C)C. The summed E-state index contributed by atoms with van der Waals surface area (Å²) in [5.74, 6) is 0.517. The quantitative estimate of drug-likeness (QED) is 0.897. The molecule has 1 saturated heterocycles. The van der Waals surface area contributed by atoms with Crippen LogP contribution in [0, 0.1) is 18.3 Å². The molecule has 0 radical (unpaired) electrons. The third-order valence-electron chi connectivity index (χ3n) is 5.57. The Labute approximate surface area is 125 Å². The zero-order chi connectivity index (χ0) is 14.4. The summed E-state index contributed by atoms with van der Waals surface area (Å²) in [7, 11) is 0. The van der Waals surface area contributed by atoms with Crippen molar-refractivity contribution in [1.82, 2.24) is 5.32 Å². The molecule has 2 fully saturated rings. The van der Waals surface area contributed by atoms with Crippen molar-refractivity contribution in [3.63, 3.8) is 0 Å². The van der Waals surface area contributed by atoms with Crippen LogP contribution >= 0.6 is 11.3 Å². The van der Waals surface area contributed by atoms with Crippen LogP contribution in [0.25, 0.3) is 0 Å². The Morgan fingerprint density at radius 3 is 3.00 bits per heavy atom. The van der Waals surface area contributed by atoms with Gasteiger partial charge in [0.15, 0.2) is 0 Å². The van der Waals surface area contributed by atoms with Gasteiger partial charge in [-0.3, -0.25) is 0 Å². The van der Waals surface area contributed by atoms with Crippen molar-refractivity contribution in [2.75, 3.05) is 13.2 Å². The van der Waals surface area contributed by atoms with Crippen LogP contribution in [0.4, 0.5) is 0 Å². The van der Waals surface area contributed by atoms with E-state index < -0.39 is 0 Å². The molecule has 1 aliphatic heterocycles. The molecule has 3 nitrogen and oxygen atoms in total. The number of hydrogen-bond acceptors (Lipinski definition) is 4. The van der Waals surface area contributed by atoms with E-state index in [4.69, 9.17) is 10.5 Å². The maximum absolute atomic E-state index is 6.77. The molecule has 2 aliphatic rings. The highest BCUT2D eigenvalue weighted by atomic mass is 32.1. The number of aryl methyl sites for hydroxylation is 1. The third kappa shape index (κ3) is 2.05. The fourth-order valence-electron chi connectivity index (χ4n) is 3.99. The van der Waals surface area contributed by atoms with E-state index >= 15 is 0 Å². The van der Waals surface area contributed by atoms with Crippen LogP contribution in [-0.4, -0.2) is 24.8 Å². The average molecular weight is 294 g/mol. The van der Waals surface area contributed by atoms with Gasteiger partial charge in [0.1, 0.15) is 0 Å². The van der Waals surface area contributed by atoms with Crippen molar-refractivity contribution < 1.29 is 4.74 Å². The van der Waals surface area contributed by atoms with E-state index in [-0.39, 0.29) is 11.0 Å². The molecule has 2 heterocycles. The Balaban J connectivity index is 1.62. The summed E-state index contributed by atoms with van der Waals surface area (Å²) >= 11 is 1.82. The summed E-state index contributed by atoms with van der Waals surface area (Å²) in [4.78, 5) is 1.42. The number of nitrogens with one attached hydrogen (secondary N) is 1. The molecule has 3 unspecified atom stereocenters. The molecular weight excluding hydrogens is 268 g/mol. The molecule has 1 aromatic heterocycles. The number of thiophene rings is 1. The number of hydrogen-bond donors (Lipinski definition) is 2. The van der Waals surface area contributed by atoms with Gasteiger partial charge in [0.2, 0.25) is 0 Å². The van der Waals surface area contributed by atoms with Gasteiger partial charge in [0.25, 0.3) is 0 Å². The highest BCUT2D eigenvalue weighted by molar-refractivity contribution is 7.10. The topological polar surface area (TPSA) is 47.3 Å². The summed E-state index contributed by atoms with van der Waals surface area (Å²) in [6.07, 6.45) is 2.72. The van der Waals surface area contributed by atoms with Gasteiger partial charge in [0.05, 0.1) is 6.10 Å². The van der Waals surface area contributed by atoms with E-state index in [1.165, 1.54) is 16.9 Å². The second-order valence-corrected chi connectivity index (χ2v) is 7.93. The first-order valence-corrected chi connectivity index (χ1v) is 8.49. The van der Waals surface area contributed by atoms with Crippen molar-refractivity contribution in [3.8, 4) is 0 Å². The first kappa shape index (κ1) is 14.5. The highest BCUT2D eigenvalue weighted by Crippen LogP contribution is 2.56. The van der Waals surface area contributed by atoms with Gasteiger partial charge >= 0.3 is 0 Å². The minimum atomic E-state index is -0.136. The first-order valence-electron chi connectivity index (χ1n) is 7.61. The number of nitrogens with two attached hydrogens (primary N) is 1. The molecule has 3 atom stereocenters. The summed E-state index contributed by atoms with van der Waals surface area (Å²) < 4.78 is 5.95. The van der Waals surface area contributed by atoms with Gasteiger partial charge in [0, 0.05) is 41.4 Å². The van der Waals surface area contributed by atoms with E-state index in [0.29, 0.717) is 12.0 Å². The standard InChI is InChI=1S/C16H26N2OS/c1-11-6-8-20-13(11)9-18-10-16(17)12-5-4-7-19-14(12)15(16,2)3/h6,8,12,14,18H,4-5,7,9-10,17H2,1-3H3. The molecular formula is C16H26N2OS. The van der Waals surface area contributed by atoms with Crippen LogP contribution < -0.4 is 11.1 Å². The third-order valence-corrected chi connectivity index (χ3v) is 6.59. The van der Waals surface area contributed by atoms with Gasteiger partial charge in [-0.2, -0.15) is 0 Å². The van der Waals surface area contributed by atoms with Crippen LogP contribution in [0.1, 0.15) is 37.1 Å². The van der Waals surface area contributed by atoms with Crippen LogP contribution in [-0.2, 0) is 11.3 Å². The van der Waals surface area contributed by atoms with E-state index in [9.17, 15) is 0 Å². The average Bonchev–Trinajstić information content (AvgIpc) is 2.84. The predicted molar refractivity (Wildman–Crippen MR) is 83.9 cm³/mol. The van der Waals surface area contributed by atoms with Gasteiger partial charge in [-0.25, -0.2) is 0 Å². The highest BCUT2D eigenvalue weighted by Gasteiger charge is 2.65. The number of ether oxygens (including phenoxy) is 1. The molecule has 112 valence electrons. The monoisotopic (exact) mass is 294 g/mol. The van der Waals surface area contributed by atoms with Crippen molar-refractivity contribution in [2.24, 2.45) is 17.1 Å². The molecule has 1 aliphatic carbocycles. The van der Waals surface area contributed by atoms with Crippen LogP contribution in [0.5, 0.6) is 0 Å². The zero-order valence-electron chi connectivity index (χ0n) is 12.7. The minimum Gasteiger partial charge on any atom is -0.377 e. The molecule has 0 spiro atoms. The van der Waals surface area contributed by atoms with Gasteiger partial charge in [-0.1, -0.05) is 13.8 Å². The minimum absolute atomic E-state index is 0.0651. The molecule has 3 rings (SSSR count). The van der Waals surface area contributed by atoms with E-state index in [1.807, 2.05) is 11.3 Å². The maximum Gasteiger partial charge on any atom is 0.0690 e. The largest absolute Gasteiger partial charge is 0.377 e. The van der Waals surface area contributed by atoms with Crippen molar-refractivity contribution in [2.45, 2.75) is 51.8 Å². The lowest BCUT2D eigenvalue weighted by molar-refractivity contribution is -0.225. The smallest absolute Gasteiger partial charge is 0.0690 e. The van der Waals surface area contributed by atoms with Gasteiger partial charge < -0.3 is 15.8 Å². The molecule has 1 aromatic rings. The first-order chi connectivity index (χ1) is 9.47. The lowest BCUT2D eigenvalue weighted by Gasteiger charge is -2.66. The Hall–Kier alpha value is -0.420. The summed E-state index contributed by atoms with van der Waals surface area (Å²) in [5, 5.41) is 5.75. The Morgan fingerprint density at radius 1 is 1.50 bits per heavy atom. The second kappa shape index (κ2) is 5.09. The van der Waals surface area contributed by atoms with Crippen LogP contribution in [0.2, 0.25) is 0 Å². The normalized spacial score (nSPS) is 35.4. The van der Waals surface area contributed by atoms with E-state index in [1.54, 1.807) is 0 Å². The summed E-state index contributed by atoms with van der Waals surface area (Å²) in [5.41, 5.74) is 8.08. The molecule has 4 heteroatoms. The van der Waals surface area contributed by atoms with Crippen molar-refractivity contribution in [3.05, 3.63) is 21.9 Å². The molecule has 0 bridgehead atoms. The predicted octanol–water partition coefficient (Wildman–Crippen LogP) is 2.68. The molecule has 20 heavy (non-hydrogen) atoms. The molecule has 0 aromatic carbocycles. The summed E-state index contributed by atoms with van der Waals surface area (Å²) in [6.45, 7) is 9.40. The molecule has 1 saturated carbocycles. The van der Waals surface area contributed by atoms with Crippen molar-refractivity contribution >= 4 is 11.3 Å². The van der Waals surface area contributed by atoms with E-state index in [2.05, 4.69) is 37.5 Å². The Morgan fingerprint density at radius 2 is 2.30 bits per heavy atom.